The summed E-state index contributed by atoms with van der Waals surface area (Å²) in [6, 6.07) is 6.23. The van der Waals surface area contributed by atoms with E-state index in [0.29, 0.717) is 25.4 Å². The van der Waals surface area contributed by atoms with Crippen molar-refractivity contribution in [2.75, 3.05) is 6.54 Å². The zero-order valence-electron chi connectivity index (χ0n) is 13.2. The largest absolute Gasteiger partial charge is 0.338 e. The molecule has 2 fully saturated rings. The van der Waals surface area contributed by atoms with Crippen molar-refractivity contribution in [1.29, 1.82) is 0 Å². The molecule has 0 bridgehead atoms. The lowest BCUT2D eigenvalue weighted by Crippen LogP contribution is -2.46. The predicted molar refractivity (Wildman–Crippen MR) is 84.4 cm³/mol. The van der Waals surface area contributed by atoms with Gasteiger partial charge in [0.25, 0.3) is 0 Å². The van der Waals surface area contributed by atoms with Gasteiger partial charge in [0.1, 0.15) is 5.82 Å². The van der Waals surface area contributed by atoms with Crippen molar-refractivity contribution >= 4 is 11.9 Å². The van der Waals surface area contributed by atoms with Crippen molar-refractivity contribution in [3.05, 3.63) is 35.6 Å². The highest BCUT2D eigenvalue weighted by Crippen LogP contribution is 2.30. The lowest BCUT2D eigenvalue weighted by Gasteiger charge is -2.18. The van der Waals surface area contributed by atoms with Crippen LogP contribution in [-0.2, 0) is 11.2 Å². The van der Waals surface area contributed by atoms with Gasteiger partial charge in [-0.2, -0.15) is 0 Å². The maximum Gasteiger partial charge on any atom is 0.315 e. The third-order valence-corrected chi connectivity index (χ3v) is 4.31. The smallest absolute Gasteiger partial charge is 0.315 e. The molecule has 3 amide bonds. The quantitative estimate of drug-likeness (QED) is 0.870. The molecule has 23 heavy (non-hydrogen) atoms. The molecule has 1 heterocycles. The van der Waals surface area contributed by atoms with Crippen molar-refractivity contribution < 1.29 is 14.0 Å². The van der Waals surface area contributed by atoms with E-state index < -0.39 is 0 Å². The summed E-state index contributed by atoms with van der Waals surface area (Å²) < 4.78 is 12.9. The van der Waals surface area contributed by atoms with Gasteiger partial charge >= 0.3 is 6.03 Å². The minimum Gasteiger partial charge on any atom is -0.338 e. The number of carbonyl (C=O) groups excluding carboxylic acids is 2. The first-order valence-corrected chi connectivity index (χ1v) is 8.12. The van der Waals surface area contributed by atoms with Gasteiger partial charge < -0.3 is 15.5 Å². The lowest BCUT2D eigenvalue weighted by atomic mass is 10.1. The number of hydrogen-bond acceptors (Lipinski definition) is 2. The van der Waals surface area contributed by atoms with E-state index in [0.717, 1.165) is 18.4 Å². The molecule has 2 aliphatic rings. The van der Waals surface area contributed by atoms with Gasteiger partial charge in [0.15, 0.2) is 0 Å². The van der Waals surface area contributed by atoms with Gasteiger partial charge in [-0.3, -0.25) is 4.79 Å². The summed E-state index contributed by atoms with van der Waals surface area (Å²) in [6.45, 7) is 2.52. The summed E-state index contributed by atoms with van der Waals surface area (Å²) in [5, 5.41) is 5.75. The maximum absolute atomic E-state index is 12.9. The van der Waals surface area contributed by atoms with Crippen molar-refractivity contribution in [3.8, 4) is 0 Å². The van der Waals surface area contributed by atoms with Gasteiger partial charge in [-0.1, -0.05) is 12.1 Å². The molecule has 2 atom stereocenters. The first-order chi connectivity index (χ1) is 11.0. The molecule has 124 valence electrons. The minimum absolute atomic E-state index is 0.0721. The molecule has 0 spiro atoms. The Morgan fingerprint density at radius 2 is 2.04 bits per heavy atom. The van der Waals surface area contributed by atoms with Crippen molar-refractivity contribution in [1.82, 2.24) is 15.5 Å². The fourth-order valence-corrected chi connectivity index (χ4v) is 3.04. The Balaban J connectivity index is 1.43. The third kappa shape index (κ3) is 4.21. The Morgan fingerprint density at radius 1 is 1.35 bits per heavy atom. The van der Waals surface area contributed by atoms with Gasteiger partial charge in [-0.05, 0) is 43.9 Å². The first kappa shape index (κ1) is 15.8. The molecule has 1 aromatic carbocycles. The van der Waals surface area contributed by atoms with Crippen LogP contribution in [0.4, 0.5) is 9.18 Å². The standard InChI is InChI=1S/C17H22FN3O2/c1-11(8-12-2-4-13(18)5-3-12)19-17(23)20-14-9-16(22)21(10-14)15-6-7-15/h2-5,11,14-15H,6-10H2,1H3,(H2,19,20,23)/t11-,14+/m1/s1. The summed E-state index contributed by atoms with van der Waals surface area (Å²) in [5.41, 5.74) is 0.968. The fraction of sp³-hybridized carbons (Fsp3) is 0.529. The number of rotatable bonds is 5. The summed E-state index contributed by atoms with van der Waals surface area (Å²) in [4.78, 5) is 25.8. The van der Waals surface area contributed by atoms with Crippen LogP contribution in [0.5, 0.6) is 0 Å². The Kier molecular flexibility index (Phi) is 4.50. The van der Waals surface area contributed by atoms with Gasteiger partial charge in [0, 0.05) is 25.0 Å². The molecule has 1 saturated carbocycles. The SMILES string of the molecule is C[C@H](Cc1ccc(F)cc1)NC(=O)N[C@H]1CC(=O)N(C2CC2)C1. The molecule has 6 heteroatoms. The minimum atomic E-state index is -0.266. The molecule has 2 N–H and O–H groups in total. The Hall–Kier alpha value is -2.11. The molecule has 1 aliphatic carbocycles. The molecular formula is C17H22FN3O2. The van der Waals surface area contributed by atoms with Gasteiger partial charge in [0.05, 0.1) is 6.04 Å². The van der Waals surface area contributed by atoms with Crippen LogP contribution >= 0.6 is 0 Å². The van der Waals surface area contributed by atoms with E-state index in [1.807, 2.05) is 11.8 Å². The van der Waals surface area contributed by atoms with Gasteiger partial charge in [0.2, 0.25) is 5.91 Å². The fourth-order valence-electron chi connectivity index (χ4n) is 3.04. The number of hydrogen-bond donors (Lipinski definition) is 2. The Labute approximate surface area is 135 Å². The molecule has 1 aliphatic heterocycles. The van der Waals surface area contributed by atoms with E-state index in [2.05, 4.69) is 10.6 Å². The number of likely N-dealkylation sites (tertiary alicyclic amines) is 1. The van der Waals surface area contributed by atoms with Crippen LogP contribution in [0.3, 0.4) is 0 Å². The van der Waals surface area contributed by atoms with E-state index in [4.69, 9.17) is 0 Å². The summed E-state index contributed by atoms with van der Waals surface area (Å²) >= 11 is 0. The van der Waals surface area contributed by atoms with Crippen LogP contribution in [0, 0.1) is 5.82 Å². The highest BCUT2D eigenvalue weighted by Gasteiger charge is 2.39. The van der Waals surface area contributed by atoms with E-state index in [9.17, 15) is 14.0 Å². The molecule has 1 saturated heterocycles. The second kappa shape index (κ2) is 6.56. The first-order valence-electron chi connectivity index (χ1n) is 8.12. The van der Waals surface area contributed by atoms with Gasteiger partial charge in [-0.15, -0.1) is 0 Å². The number of nitrogens with one attached hydrogen (secondary N) is 2. The highest BCUT2D eigenvalue weighted by molar-refractivity contribution is 5.82. The van der Waals surface area contributed by atoms with Gasteiger partial charge in [-0.25, -0.2) is 9.18 Å². The van der Waals surface area contributed by atoms with E-state index >= 15 is 0 Å². The topological polar surface area (TPSA) is 61.4 Å². The normalized spacial score (nSPS) is 22.1. The Bertz CT molecular complexity index is 586. The molecule has 0 aromatic heterocycles. The van der Waals surface area contributed by atoms with E-state index in [-0.39, 0.29) is 29.8 Å². The number of urea groups is 1. The number of halogens is 1. The summed E-state index contributed by atoms with van der Waals surface area (Å²) in [6.07, 6.45) is 3.18. The predicted octanol–water partition coefficient (Wildman–Crippen LogP) is 1.82. The molecule has 1 aromatic rings. The maximum atomic E-state index is 12.9. The average Bonchev–Trinajstić information content (AvgIpc) is 3.26. The zero-order valence-corrected chi connectivity index (χ0v) is 13.2. The highest BCUT2D eigenvalue weighted by atomic mass is 19.1. The molecule has 5 nitrogen and oxygen atoms in total. The van der Waals surface area contributed by atoms with Crippen molar-refractivity contribution in [2.45, 2.75) is 50.7 Å². The Morgan fingerprint density at radius 3 is 2.70 bits per heavy atom. The van der Waals surface area contributed by atoms with Crippen LogP contribution in [0.25, 0.3) is 0 Å². The molecular weight excluding hydrogens is 297 g/mol. The van der Waals surface area contributed by atoms with Crippen LogP contribution in [-0.4, -0.2) is 41.5 Å². The van der Waals surface area contributed by atoms with Crippen LogP contribution in [0.2, 0.25) is 0 Å². The van der Waals surface area contributed by atoms with E-state index in [1.165, 1.54) is 12.1 Å². The average molecular weight is 319 g/mol. The second-order valence-electron chi connectivity index (χ2n) is 6.53. The van der Waals surface area contributed by atoms with Crippen LogP contribution < -0.4 is 10.6 Å². The molecule has 3 rings (SSSR count). The summed E-state index contributed by atoms with van der Waals surface area (Å²) in [5.74, 6) is -0.129. The molecule has 0 radical (unpaired) electrons. The number of carbonyl (C=O) groups is 2. The summed E-state index contributed by atoms with van der Waals surface area (Å²) in [7, 11) is 0. The number of benzene rings is 1. The van der Waals surface area contributed by atoms with Crippen LogP contribution in [0.1, 0.15) is 31.7 Å². The number of nitrogens with zero attached hydrogens (tertiary/aromatic N) is 1. The monoisotopic (exact) mass is 319 g/mol. The zero-order chi connectivity index (χ0) is 16.4. The van der Waals surface area contributed by atoms with E-state index in [1.54, 1.807) is 12.1 Å². The third-order valence-electron chi connectivity index (χ3n) is 4.31. The molecule has 0 unspecified atom stereocenters. The number of amides is 3. The second-order valence-corrected chi connectivity index (χ2v) is 6.53. The van der Waals surface area contributed by atoms with Crippen molar-refractivity contribution in [3.63, 3.8) is 0 Å². The van der Waals surface area contributed by atoms with Crippen LogP contribution in [0.15, 0.2) is 24.3 Å². The lowest BCUT2D eigenvalue weighted by molar-refractivity contribution is -0.128. The van der Waals surface area contributed by atoms with Crippen molar-refractivity contribution in [2.24, 2.45) is 0 Å².